The zero-order valence-electron chi connectivity index (χ0n) is 13.2. The number of aromatic nitrogens is 1. The number of benzene rings is 1. The molecule has 2 aromatic rings. The third kappa shape index (κ3) is 2.66. The second-order valence-electron chi connectivity index (χ2n) is 5.52. The highest BCUT2D eigenvalue weighted by Crippen LogP contribution is 2.34. The number of amidine groups is 1. The van der Waals surface area contributed by atoms with Gasteiger partial charge in [0.15, 0.2) is 5.78 Å². The van der Waals surface area contributed by atoms with E-state index in [2.05, 4.69) is 4.98 Å². The molecule has 0 saturated carbocycles. The van der Waals surface area contributed by atoms with E-state index in [1.807, 2.05) is 19.9 Å². The minimum Gasteiger partial charge on any atom is -0.510 e. The SMILES string of the molecule is CC(=O)c1cccc(N2CC(O)=C(c3nc(C)c(C)s3)C2=N)c1. The van der Waals surface area contributed by atoms with E-state index in [9.17, 15) is 9.90 Å². The third-order valence-corrected chi connectivity index (χ3v) is 5.00. The lowest BCUT2D eigenvalue weighted by molar-refractivity contribution is 0.101. The predicted octanol–water partition coefficient (Wildman–Crippen LogP) is 3.73. The van der Waals surface area contributed by atoms with E-state index < -0.39 is 0 Å². The van der Waals surface area contributed by atoms with Gasteiger partial charge in [0.25, 0.3) is 0 Å². The van der Waals surface area contributed by atoms with Crippen LogP contribution in [0.15, 0.2) is 30.0 Å². The quantitative estimate of drug-likeness (QED) is 0.842. The van der Waals surface area contributed by atoms with Crippen LogP contribution in [0.2, 0.25) is 0 Å². The number of carbonyl (C=O) groups excluding carboxylic acids is 1. The molecule has 0 radical (unpaired) electrons. The summed E-state index contributed by atoms with van der Waals surface area (Å²) in [7, 11) is 0. The van der Waals surface area contributed by atoms with E-state index >= 15 is 0 Å². The molecule has 5 nitrogen and oxygen atoms in total. The van der Waals surface area contributed by atoms with Crippen LogP contribution in [0.5, 0.6) is 0 Å². The van der Waals surface area contributed by atoms with Crippen molar-refractivity contribution in [3.63, 3.8) is 0 Å². The van der Waals surface area contributed by atoms with Crippen molar-refractivity contribution >= 4 is 34.2 Å². The molecule has 0 amide bonds. The Morgan fingerprint density at radius 1 is 1.39 bits per heavy atom. The van der Waals surface area contributed by atoms with E-state index in [1.54, 1.807) is 23.1 Å². The summed E-state index contributed by atoms with van der Waals surface area (Å²) in [4.78, 5) is 18.7. The van der Waals surface area contributed by atoms with Crippen LogP contribution < -0.4 is 4.90 Å². The largest absolute Gasteiger partial charge is 0.510 e. The third-order valence-electron chi connectivity index (χ3n) is 3.91. The Kier molecular flexibility index (Phi) is 3.77. The molecule has 0 fully saturated rings. The summed E-state index contributed by atoms with van der Waals surface area (Å²) < 4.78 is 0. The van der Waals surface area contributed by atoms with Crippen LogP contribution >= 0.6 is 11.3 Å². The van der Waals surface area contributed by atoms with Crippen LogP contribution in [0.25, 0.3) is 5.57 Å². The zero-order chi connectivity index (χ0) is 16.7. The molecule has 6 heteroatoms. The normalized spacial score (nSPS) is 14.7. The minimum atomic E-state index is -0.0267. The van der Waals surface area contributed by atoms with Gasteiger partial charge in [-0.25, -0.2) is 4.98 Å². The average Bonchev–Trinajstić information content (AvgIpc) is 2.98. The van der Waals surface area contributed by atoms with Crippen molar-refractivity contribution in [3.05, 3.63) is 51.2 Å². The summed E-state index contributed by atoms with van der Waals surface area (Å²) in [6, 6.07) is 7.10. The van der Waals surface area contributed by atoms with Gasteiger partial charge in [-0.3, -0.25) is 10.2 Å². The maximum absolute atomic E-state index is 11.5. The molecular weight excluding hydrogens is 310 g/mol. The number of ketones is 1. The highest BCUT2D eigenvalue weighted by molar-refractivity contribution is 7.13. The molecule has 0 saturated heterocycles. The predicted molar refractivity (Wildman–Crippen MR) is 92.7 cm³/mol. The number of thiazole rings is 1. The molecule has 118 valence electrons. The fourth-order valence-corrected chi connectivity index (χ4v) is 3.48. The van der Waals surface area contributed by atoms with E-state index in [1.165, 1.54) is 18.3 Å². The molecule has 0 aliphatic carbocycles. The summed E-state index contributed by atoms with van der Waals surface area (Å²) in [5.41, 5.74) is 2.69. The second-order valence-corrected chi connectivity index (χ2v) is 6.73. The van der Waals surface area contributed by atoms with Crippen molar-refractivity contribution in [2.45, 2.75) is 20.8 Å². The highest BCUT2D eigenvalue weighted by Gasteiger charge is 2.31. The number of rotatable bonds is 3. The smallest absolute Gasteiger partial charge is 0.159 e. The van der Waals surface area contributed by atoms with Crippen molar-refractivity contribution in [2.75, 3.05) is 11.4 Å². The maximum atomic E-state index is 11.5. The fourth-order valence-electron chi connectivity index (χ4n) is 2.50. The van der Waals surface area contributed by atoms with Crippen molar-refractivity contribution in [1.29, 1.82) is 5.41 Å². The monoisotopic (exact) mass is 327 g/mol. The van der Waals surface area contributed by atoms with E-state index in [0.717, 1.165) is 10.6 Å². The average molecular weight is 327 g/mol. The van der Waals surface area contributed by atoms with Crippen LogP contribution in [-0.4, -0.2) is 28.3 Å². The van der Waals surface area contributed by atoms with E-state index in [-0.39, 0.29) is 23.9 Å². The van der Waals surface area contributed by atoms with Gasteiger partial charge in [0.2, 0.25) is 0 Å². The summed E-state index contributed by atoms with van der Waals surface area (Å²) in [6.45, 7) is 5.62. The number of aliphatic hydroxyl groups is 1. The van der Waals surface area contributed by atoms with Gasteiger partial charge in [-0.2, -0.15) is 0 Å². The van der Waals surface area contributed by atoms with Gasteiger partial charge in [0.05, 0.1) is 17.8 Å². The molecule has 0 atom stereocenters. The van der Waals surface area contributed by atoms with E-state index in [4.69, 9.17) is 5.41 Å². The Bertz CT molecular complexity index is 832. The first-order valence-corrected chi connectivity index (χ1v) is 8.04. The number of carbonyl (C=O) groups is 1. The number of hydrogen-bond acceptors (Lipinski definition) is 5. The zero-order valence-corrected chi connectivity index (χ0v) is 14.0. The molecule has 0 spiro atoms. The Balaban J connectivity index is 1.96. The van der Waals surface area contributed by atoms with Gasteiger partial charge >= 0.3 is 0 Å². The lowest BCUT2D eigenvalue weighted by Gasteiger charge is -2.19. The first-order chi connectivity index (χ1) is 10.9. The van der Waals surface area contributed by atoms with Crippen molar-refractivity contribution in [1.82, 2.24) is 4.98 Å². The first kappa shape index (κ1) is 15.4. The van der Waals surface area contributed by atoms with Gasteiger partial charge in [-0.15, -0.1) is 11.3 Å². The number of hydrogen-bond donors (Lipinski definition) is 2. The molecule has 2 N–H and O–H groups in total. The molecule has 0 unspecified atom stereocenters. The highest BCUT2D eigenvalue weighted by atomic mass is 32.1. The van der Waals surface area contributed by atoms with Crippen LogP contribution in [0, 0.1) is 19.3 Å². The molecule has 23 heavy (non-hydrogen) atoms. The standard InChI is InChI=1S/C17H17N3O2S/c1-9-11(3)23-17(19-9)15-14(22)8-20(16(15)18)13-6-4-5-12(7-13)10(2)21/h4-7,18,22H,8H2,1-3H3. The lowest BCUT2D eigenvalue weighted by Crippen LogP contribution is -2.26. The van der Waals surface area contributed by atoms with Crippen LogP contribution in [0.3, 0.4) is 0 Å². The number of aryl methyl sites for hydroxylation is 2. The van der Waals surface area contributed by atoms with Gasteiger partial charge in [0.1, 0.15) is 16.6 Å². The molecule has 1 aliphatic heterocycles. The minimum absolute atomic E-state index is 0.0267. The van der Waals surface area contributed by atoms with Crippen molar-refractivity contribution in [3.8, 4) is 0 Å². The van der Waals surface area contributed by atoms with Gasteiger partial charge in [0, 0.05) is 16.1 Å². The van der Waals surface area contributed by atoms with Crippen LogP contribution in [0.1, 0.15) is 32.9 Å². The fraction of sp³-hybridized carbons (Fsp3) is 0.235. The number of aliphatic hydroxyl groups excluding tert-OH is 1. The van der Waals surface area contributed by atoms with Crippen LogP contribution in [-0.2, 0) is 0 Å². The number of Topliss-reactive ketones (excluding diaryl/α,β-unsaturated/α-hetero) is 1. The Morgan fingerprint density at radius 3 is 2.74 bits per heavy atom. The van der Waals surface area contributed by atoms with Gasteiger partial charge in [-0.05, 0) is 32.9 Å². The van der Waals surface area contributed by atoms with E-state index in [0.29, 0.717) is 21.8 Å². The van der Waals surface area contributed by atoms with Crippen molar-refractivity contribution < 1.29 is 9.90 Å². The summed E-state index contributed by atoms with van der Waals surface area (Å²) in [5.74, 6) is 0.315. The Labute approximate surface area is 138 Å². The summed E-state index contributed by atoms with van der Waals surface area (Å²) >= 11 is 1.47. The molecule has 1 aromatic carbocycles. The molecule has 3 rings (SSSR count). The molecule has 2 heterocycles. The molecule has 1 aliphatic rings. The van der Waals surface area contributed by atoms with Crippen molar-refractivity contribution in [2.24, 2.45) is 0 Å². The first-order valence-electron chi connectivity index (χ1n) is 7.22. The Hall–Kier alpha value is -2.47. The number of anilines is 1. The topological polar surface area (TPSA) is 77.3 Å². The second kappa shape index (κ2) is 5.62. The van der Waals surface area contributed by atoms with Gasteiger partial charge < -0.3 is 10.0 Å². The summed E-state index contributed by atoms with van der Waals surface area (Å²) in [6.07, 6.45) is 0. The molecule has 0 bridgehead atoms. The Morgan fingerprint density at radius 2 is 2.13 bits per heavy atom. The van der Waals surface area contributed by atoms with Crippen LogP contribution in [0.4, 0.5) is 5.69 Å². The number of nitrogens with one attached hydrogen (secondary N) is 1. The maximum Gasteiger partial charge on any atom is 0.159 e. The summed E-state index contributed by atoms with van der Waals surface area (Å²) in [5, 5.41) is 19.4. The lowest BCUT2D eigenvalue weighted by atomic mass is 10.1. The molecule has 1 aromatic heterocycles. The number of nitrogens with zero attached hydrogens (tertiary/aromatic N) is 2. The molecular formula is C17H17N3O2S. The van der Waals surface area contributed by atoms with Gasteiger partial charge in [-0.1, -0.05) is 12.1 Å².